The normalized spacial score (nSPS) is 21.6. The van der Waals surface area contributed by atoms with Crippen LogP contribution in [0, 0.1) is 0 Å². The third kappa shape index (κ3) is 2.93. The summed E-state index contributed by atoms with van der Waals surface area (Å²) in [5.74, 6) is -0.188. The van der Waals surface area contributed by atoms with Gasteiger partial charge in [0.1, 0.15) is 6.04 Å². The van der Waals surface area contributed by atoms with Crippen molar-refractivity contribution in [2.75, 3.05) is 11.9 Å². The van der Waals surface area contributed by atoms with Crippen molar-refractivity contribution < 1.29 is 14.4 Å². The van der Waals surface area contributed by atoms with Crippen LogP contribution in [-0.2, 0) is 26.2 Å². The maximum atomic E-state index is 11.9. The number of rotatable bonds is 4. The molecule has 3 amide bonds. The molecule has 122 valence electrons. The largest absolute Gasteiger partial charge is 0.354 e. The van der Waals surface area contributed by atoms with Gasteiger partial charge >= 0.3 is 0 Å². The number of hydrogen-bond acceptors (Lipinski definition) is 3. The molecule has 1 saturated heterocycles. The molecule has 1 atom stereocenters. The highest BCUT2D eigenvalue weighted by atomic mass is 16.2. The Hall–Kier alpha value is -2.37. The van der Waals surface area contributed by atoms with Crippen molar-refractivity contribution in [2.45, 2.75) is 44.6 Å². The Kier molecular flexibility index (Phi) is 3.83. The Balaban J connectivity index is 1.58. The summed E-state index contributed by atoms with van der Waals surface area (Å²) in [5.41, 5.74) is 2.41. The molecule has 3 rings (SSSR count). The van der Waals surface area contributed by atoms with Gasteiger partial charge in [-0.1, -0.05) is 12.1 Å². The molecule has 1 aromatic rings. The molecule has 0 bridgehead atoms. The molecule has 0 radical (unpaired) electrons. The molecule has 23 heavy (non-hydrogen) atoms. The maximum Gasteiger partial charge on any atom is 0.242 e. The minimum absolute atomic E-state index is 0.00919. The number of anilines is 1. The van der Waals surface area contributed by atoms with Crippen molar-refractivity contribution in [3.8, 4) is 0 Å². The van der Waals surface area contributed by atoms with Gasteiger partial charge in [-0.05, 0) is 43.9 Å². The molecule has 2 heterocycles. The molecule has 1 unspecified atom stereocenters. The molecule has 6 nitrogen and oxygen atoms in total. The fraction of sp³-hybridized carbons (Fsp3) is 0.471. The van der Waals surface area contributed by atoms with Gasteiger partial charge in [0, 0.05) is 18.7 Å². The third-order valence-electron chi connectivity index (χ3n) is 4.60. The van der Waals surface area contributed by atoms with E-state index >= 15 is 0 Å². The number of fused-ring (bicyclic) bond motifs is 1. The molecule has 1 aromatic carbocycles. The van der Waals surface area contributed by atoms with Crippen molar-refractivity contribution in [3.05, 3.63) is 29.3 Å². The lowest BCUT2D eigenvalue weighted by atomic mass is 9.85. The second-order valence-corrected chi connectivity index (χ2v) is 6.66. The van der Waals surface area contributed by atoms with E-state index in [4.69, 9.17) is 0 Å². The van der Waals surface area contributed by atoms with Crippen LogP contribution in [0.1, 0.15) is 37.8 Å². The number of nitrogens with one attached hydrogen (secondary N) is 3. The molecular formula is C17H21N3O3. The van der Waals surface area contributed by atoms with Gasteiger partial charge in [0.05, 0.1) is 5.41 Å². The van der Waals surface area contributed by atoms with E-state index in [-0.39, 0.29) is 17.7 Å². The van der Waals surface area contributed by atoms with Crippen molar-refractivity contribution in [3.63, 3.8) is 0 Å². The summed E-state index contributed by atoms with van der Waals surface area (Å²) in [7, 11) is 0. The zero-order valence-electron chi connectivity index (χ0n) is 13.4. The number of hydrogen-bond donors (Lipinski definition) is 3. The van der Waals surface area contributed by atoms with Crippen LogP contribution in [0.25, 0.3) is 0 Å². The Labute approximate surface area is 135 Å². The van der Waals surface area contributed by atoms with Gasteiger partial charge in [0.25, 0.3) is 0 Å². The molecule has 0 saturated carbocycles. The van der Waals surface area contributed by atoms with E-state index in [1.807, 2.05) is 32.0 Å². The quantitative estimate of drug-likeness (QED) is 0.770. The summed E-state index contributed by atoms with van der Waals surface area (Å²) >= 11 is 0. The van der Waals surface area contributed by atoms with Gasteiger partial charge in [0.15, 0.2) is 0 Å². The minimum Gasteiger partial charge on any atom is -0.354 e. The molecule has 0 aliphatic carbocycles. The van der Waals surface area contributed by atoms with E-state index in [0.29, 0.717) is 25.8 Å². The van der Waals surface area contributed by atoms with Crippen molar-refractivity contribution in [2.24, 2.45) is 0 Å². The van der Waals surface area contributed by atoms with Crippen LogP contribution in [0.5, 0.6) is 0 Å². The van der Waals surface area contributed by atoms with Crippen molar-refractivity contribution in [1.29, 1.82) is 0 Å². The smallest absolute Gasteiger partial charge is 0.242 e. The molecule has 0 aromatic heterocycles. The van der Waals surface area contributed by atoms with Crippen LogP contribution in [0.2, 0.25) is 0 Å². The predicted octanol–water partition coefficient (Wildman–Crippen LogP) is 0.854. The SMILES string of the molecule is CC1(C)C(=O)Nc2ccc(CCNC(=O)C3CCC(=O)N3)cc21. The minimum atomic E-state index is -0.525. The van der Waals surface area contributed by atoms with E-state index in [0.717, 1.165) is 16.8 Å². The highest BCUT2D eigenvalue weighted by Crippen LogP contribution is 2.37. The number of benzene rings is 1. The monoisotopic (exact) mass is 315 g/mol. The maximum absolute atomic E-state index is 11.9. The second kappa shape index (κ2) is 5.68. The molecule has 6 heteroatoms. The van der Waals surface area contributed by atoms with Crippen LogP contribution in [0.3, 0.4) is 0 Å². The molecule has 3 N–H and O–H groups in total. The molecule has 0 spiro atoms. The Morgan fingerprint density at radius 3 is 2.83 bits per heavy atom. The first kappa shape index (κ1) is 15.5. The fourth-order valence-electron chi connectivity index (χ4n) is 3.04. The lowest BCUT2D eigenvalue weighted by Gasteiger charge is -2.16. The van der Waals surface area contributed by atoms with E-state index in [1.165, 1.54) is 0 Å². The fourth-order valence-corrected chi connectivity index (χ4v) is 3.04. The topological polar surface area (TPSA) is 87.3 Å². The average Bonchev–Trinajstić information content (AvgIpc) is 3.03. The van der Waals surface area contributed by atoms with E-state index in [2.05, 4.69) is 16.0 Å². The van der Waals surface area contributed by atoms with Gasteiger partial charge in [-0.25, -0.2) is 0 Å². The molecular weight excluding hydrogens is 294 g/mol. The van der Waals surface area contributed by atoms with Crippen LogP contribution < -0.4 is 16.0 Å². The average molecular weight is 315 g/mol. The number of amides is 3. The van der Waals surface area contributed by atoms with E-state index in [1.54, 1.807) is 0 Å². The van der Waals surface area contributed by atoms with Crippen molar-refractivity contribution in [1.82, 2.24) is 10.6 Å². The number of carbonyl (C=O) groups excluding carboxylic acids is 3. The van der Waals surface area contributed by atoms with E-state index in [9.17, 15) is 14.4 Å². The van der Waals surface area contributed by atoms with Crippen LogP contribution in [-0.4, -0.2) is 30.3 Å². The Morgan fingerprint density at radius 1 is 1.35 bits per heavy atom. The second-order valence-electron chi connectivity index (χ2n) is 6.66. The molecule has 2 aliphatic heterocycles. The lowest BCUT2D eigenvalue weighted by molar-refractivity contribution is -0.125. The van der Waals surface area contributed by atoms with Gasteiger partial charge in [-0.2, -0.15) is 0 Å². The van der Waals surface area contributed by atoms with Gasteiger partial charge in [-0.15, -0.1) is 0 Å². The Bertz CT molecular complexity index is 682. The summed E-state index contributed by atoms with van der Waals surface area (Å²) < 4.78 is 0. The van der Waals surface area contributed by atoms with Gasteiger partial charge in [0.2, 0.25) is 17.7 Å². The summed E-state index contributed by atoms with van der Waals surface area (Å²) in [6.07, 6.45) is 1.66. The first-order chi connectivity index (χ1) is 10.9. The lowest BCUT2D eigenvalue weighted by Crippen LogP contribution is -2.42. The zero-order chi connectivity index (χ0) is 16.6. The molecule has 1 fully saturated rings. The highest BCUT2D eigenvalue weighted by Gasteiger charge is 2.38. The summed E-state index contributed by atoms with van der Waals surface area (Å²) in [5, 5.41) is 8.39. The summed E-state index contributed by atoms with van der Waals surface area (Å²) in [4.78, 5) is 35.0. The first-order valence-corrected chi connectivity index (χ1v) is 7.90. The van der Waals surface area contributed by atoms with Crippen LogP contribution >= 0.6 is 0 Å². The van der Waals surface area contributed by atoms with Crippen LogP contribution in [0.4, 0.5) is 5.69 Å². The molecule has 2 aliphatic rings. The van der Waals surface area contributed by atoms with Crippen LogP contribution in [0.15, 0.2) is 18.2 Å². The van der Waals surface area contributed by atoms with Gasteiger partial charge < -0.3 is 16.0 Å². The summed E-state index contributed by atoms with van der Waals surface area (Å²) in [6.45, 7) is 4.32. The first-order valence-electron chi connectivity index (χ1n) is 7.90. The van der Waals surface area contributed by atoms with E-state index < -0.39 is 11.5 Å². The standard InChI is InChI=1S/C17H21N3O3/c1-17(2)11-9-10(3-4-12(11)20-16(17)23)7-8-18-15(22)13-5-6-14(21)19-13/h3-4,9,13H,5-8H2,1-2H3,(H,18,22)(H,19,21)(H,20,23). The summed E-state index contributed by atoms with van der Waals surface area (Å²) in [6, 6.07) is 5.50. The third-order valence-corrected chi connectivity index (χ3v) is 4.60. The number of carbonyl (C=O) groups is 3. The zero-order valence-corrected chi connectivity index (χ0v) is 13.4. The highest BCUT2D eigenvalue weighted by molar-refractivity contribution is 6.05. The van der Waals surface area contributed by atoms with Gasteiger partial charge in [-0.3, -0.25) is 14.4 Å². The Morgan fingerprint density at radius 2 is 2.13 bits per heavy atom. The van der Waals surface area contributed by atoms with Crippen molar-refractivity contribution >= 4 is 23.4 Å². The predicted molar refractivity (Wildman–Crippen MR) is 86.0 cm³/mol.